The molecule has 2 rings (SSSR count). The number of carbonyl (C=O) groups is 2. The fourth-order valence-corrected chi connectivity index (χ4v) is 2.77. The number of rotatable bonds is 8. The highest BCUT2D eigenvalue weighted by Gasteiger charge is 2.20. The number of halogens is 3. The van der Waals surface area contributed by atoms with Crippen molar-refractivity contribution in [2.75, 3.05) is 26.1 Å². The van der Waals surface area contributed by atoms with Crippen LogP contribution in [0.1, 0.15) is 6.92 Å². The van der Waals surface area contributed by atoms with Crippen LogP contribution in [0.25, 0.3) is 0 Å². The average molecular weight is 463 g/mol. The molecule has 0 radical (unpaired) electrons. The monoisotopic (exact) mass is 461 g/mol. The maximum atomic E-state index is 12.3. The van der Waals surface area contributed by atoms with E-state index in [1.54, 1.807) is 18.2 Å². The smallest absolute Gasteiger partial charge is 0.344 e. The summed E-state index contributed by atoms with van der Waals surface area (Å²) in [5, 5.41) is 3.28. The molecular weight excluding hydrogens is 445 g/mol. The Morgan fingerprint density at radius 3 is 2.31 bits per heavy atom. The maximum absolute atomic E-state index is 12.3. The van der Waals surface area contributed by atoms with Gasteiger partial charge in [-0.05, 0) is 25.1 Å². The van der Waals surface area contributed by atoms with Crippen molar-refractivity contribution >= 4 is 52.4 Å². The van der Waals surface area contributed by atoms with Gasteiger partial charge in [0.25, 0.3) is 5.91 Å². The van der Waals surface area contributed by atoms with E-state index in [0.29, 0.717) is 17.2 Å². The fraction of sp³-hybridized carbons (Fsp3) is 0.263. The summed E-state index contributed by atoms with van der Waals surface area (Å²) in [6.07, 6.45) is -1.09. The fourth-order valence-electron chi connectivity index (χ4n) is 2.18. The summed E-state index contributed by atoms with van der Waals surface area (Å²) in [7, 11) is 2.96. The third-order valence-electron chi connectivity index (χ3n) is 3.66. The van der Waals surface area contributed by atoms with Crippen molar-refractivity contribution in [2.45, 2.75) is 13.0 Å². The lowest BCUT2D eigenvalue weighted by molar-refractivity contribution is -0.155. The van der Waals surface area contributed by atoms with E-state index in [2.05, 4.69) is 5.32 Å². The second-order valence-corrected chi connectivity index (χ2v) is 6.89. The number of benzene rings is 2. The van der Waals surface area contributed by atoms with E-state index >= 15 is 0 Å². The molecule has 0 aromatic heterocycles. The van der Waals surface area contributed by atoms with Gasteiger partial charge >= 0.3 is 5.97 Å². The van der Waals surface area contributed by atoms with E-state index < -0.39 is 24.6 Å². The van der Waals surface area contributed by atoms with Crippen LogP contribution < -0.4 is 19.5 Å². The predicted molar refractivity (Wildman–Crippen MR) is 111 cm³/mol. The van der Waals surface area contributed by atoms with Gasteiger partial charge in [-0.1, -0.05) is 34.8 Å². The van der Waals surface area contributed by atoms with E-state index in [1.165, 1.54) is 33.3 Å². The first-order valence-corrected chi connectivity index (χ1v) is 9.38. The van der Waals surface area contributed by atoms with Crippen LogP contribution >= 0.6 is 34.8 Å². The van der Waals surface area contributed by atoms with E-state index in [9.17, 15) is 9.59 Å². The Morgan fingerprint density at radius 1 is 0.966 bits per heavy atom. The molecule has 1 N–H and O–H groups in total. The Balaban J connectivity index is 1.94. The zero-order valence-electron chi connectivity index (χ0n) is 15.8. The topological polar surface area (TPSA) is 83.1 Å². The molecule has 1 atom stereocenters. The van der Waals surface area contributed by atoms with Gasteiger partial charge in [-0.25, -0.2) is 4.79 Å². The molecule has 29 heavy (non-hydrogen) atoms. The maximum Gasteiger partial charge on any atom is 0.344 e. The van der Waals surface area contributed by atoms with E-state index in [4.69, 9.17) is 53.8 Å². The largest absolute Gasteiger partial charge is 0.497 e. The first kappa shape index (κ1) is 22.9. The Morgan fingerprint density at radius 2 is 1.66 bits per heavy atom. The Kier molecular flexibility index (Phi) is 8.25. The number of methoxy groups -OCH3 is 2. The normalized spacial score (nSPS) is 11.4. The minimum Gasteiger partial charge on any atom is -0.497 e. The molecule has 0 spiro atoms. The molecule has 10 heteroatoms. The minimum absolute atomic E-state index is 0.163. The van der Waals surface area contributed by atoms with Gasteiger partial charge in [-0.15, -0.1) is 0 Å². The Labute approximate surface area is 182 Å². The molecule has 0 heterocycles. The molecule has 156 valence electrons. The van der Waals surface area contributed by atoms with Gasteiger partial charge in [-0.3, -0.25) is 4.79 Å². The van der Waals surface area contributed by atoms with E-state index in [1.807, 2.05) is 0 Å². The highest BCUT2D eigenvalue weighted by molar-refractivity contribution is 6.43. The summed E-state index contributed by atoms with van der Waals surface area (Å²) in [6, 6.07) is 7.68. The zero-order valence-corrected chi connectivity index (χ0v) is 18.0. The van der Waals surface area contributed by atoms with E-state index in [-0.39, 0.29) is 20.8 Å². The molecule has 0 aliphatic rings. The SMILES string of the molecule is COc1ccc(OC)c(NC(=O)C(C)OC(=O)COc2cc(Cl)c(Cl)cc2Cl)c1. The van der Waals surface area contributed by atoms with Crippen LogP contribution in [0.5, 0.6) is 17.2 Å². The van der Waals surface area contributed by atoms with Crippen LogP contribution in [0.4, 0.5) is 5.69 Å². The van der Waals surface area contributed by atoms with Crippen LogP contribution in [-0.4, -0.2) is 38.8 Å². The number of nitrogens with one attached hydrogen (secondary N) is 1. The summed E-state index contributed by atoms with van der Waals surface area (Å²) in [6.45, 7) is 0.948. The van der Waals surface area contributed by atoms with Gasteiger partial charge in [0.1, 0.15) is 17.2 Å². The summed E-state index contributed by atoms with van der Waals surface area (Å²) >= 11 is 17.7. The quantitative estimate of drug-likeness (QED) is 0.455. The molecule has 0 saturated heterocycles. The van der Waals surface area contributed by atoms with Crippen LogP contribution in [0.15, 0.2) is 30.3 Å². The zero-order chi connectivity index (χ0) is 21.6. The average Bonchev–Trinajstić information content (AvgIpc) is 2.69. The first-order valence-electron chi connectivity index (χ1n) is 8.24. The third kappa shape index (κ3) is 6.32. The number of amides is 1. The molecule has 1 unspecified atom stereocenters. The highest BCUT2D eigenvalue weighted by Crippen LogP contribution is 2.34. The molecule has 2 aromatic rings. The van der Waals surface area contributed by atoms with Crippen molar-refractivity contribution in [3.05, 3.63) is 45.4 Å². The van der Waals surface area contributed by atoms with Crippen LogP contribution in [0, 0.1) is 0 Å². The van der Waals surface area contributed by atoms with E-state index in [0.717, 1.165) is 0 Å². The summed E-state index contributed by atoms with van der Waals surface area (Å²) in [4.78, 5) is 24.3. The lowest BCUT2D eigenvalue weighted by atomic mass is 10.2. The van der Waals surface area contributed by atoms with Gasteiger partial charge in [0.2, 0.25) is 0 Å². The van der Waals surface area contributed by atoms with Crippen LogP contribution in [0.2, 0.25) is 15.1 Å². The van der Waals surface area contributed by atoms with Gasteiger partial charge in [0.05, 0.1) is 35.0 Å². The molecule has 1 amide bonds. The second-order valence-electron chi connectivity index (χ2n) is 5.67. The van der Waals surface area contributed by atoms with Crippen molar-refractivity contribution in [3.8, 4) is 17.2 Å². The number of hydrogen-bond acceptors (Lipinski definition) is 6. The predicted octanol–water partition coefficient (Wildman–Crippen LogP) is 4.61. The van der Waals surface area contributed by atoms with Crippen molar-refractivity contribution in [1.29, 1.82) is 0 Å². The number of carbonyl (C=O) groups excluding carboxylic acids is 2. The molecule has 0 bridgehead atoms. The second kappa shape index (κ2) is 10.4. The molecule has 0 aliphatic carbocycles. The summed E-state index contributed by atoms with van der Waals surface area (Å²) in [5.74, 6) is -0.214. The first-order chi connectivity index (χ1) is 13.7. The van der Waals surface area contributed by atoms with Gasteiger partial charge in [0, 0.05) is 12.1 Å². The van der Waals surface area contributed by atoms with Crippen LogP contribution in [0.3, 0.4) is 0 Å². The number of anilines is 1. The molecule has 0 aliphatic heterocycles. The lowest BCUT2D eigenvalue weighted by Gasteiger charge is -2.16. The molecule has 7 nitrogen and oxygen atoms in total. The number of esters is 1. The molecular formula is C19H18Cl3NO6. The van der Waals surface area contributed by atoms with Crippen molar-refractivity contribution in [1.82, 2.24) is 0 Å². The standard InChI is InChI=1S/C19H18Cl3NO6/c1-10(19(25)23-15-6-11(26-2)4-5-16(15)27-3)29-18(24)9-28-17-8-13(21)12(20)7-14(17)22/h4-8,10H,9H2,1-3H3,(H,23,25). The third-order valence-corrected chi connectivity index (χ3v) is 4.68. The molecule has 0 saturated carbocycles. The van der Waals surface area contributed by atoms with Crippen molar-refractivity contribution in [2.24, 2.45) is 0 Å². The van der Waals surface area contributed by atoms with Crippen LogP contribution in [-0.2, 0) is 14.3 Å². The van der Waals surface area contributed by atoms with Gasteiger partial charge in [-0.2, -0.15) is 0 Å². The Bertz CT molecular complexity index is 906. The molecule has 0 fully saturated rings. The Hall–Kier alpha value is -2.35. The lowest BCUT2D eigenvalue weighted by Crippen LogP contribution is -2.31. The summed E-state index contributed by atoms with van der Waals surface area (Å²) in [5.41, 5.74) is 0.374. The molecule has 2 aromatic carbocycles. The minimum atomic E-state index is -1.09. The summed E-state index contributed by atoms with van der Waals surface area (Å²) < 4.78 is 20.7. The number of ether oxygens (including phenoxy) is 4. The van der Waals surface area contributed by atoms with Gasteiger partial charge < -0.3 is 24.3 Å². The van der Waals surface area contributed by atoms with Gasteiger partial charge in [0.15, 0.2) is 12.7 Å². The number of hydrogen-bond donors (Lipinski definition) is 1. The van der Waals surface area contributed by atoms with Crippen molar-refractivity contribution < 1.29 is 28.5 Å². The van der Waals surface area contributed by atoms with Crippen molar-refractivity contribution in [3.63, 3.8) is 0 Å². The highest BCUT2D eigenvalue weighted by atomic mass is 35.5.